The molecule has 0 saturated heterocycles. The summed E-state index contributed by atoms with van der Waals surface area (Å²) in [5.41, 5.74) is 0. The van der Waals surface area contributed by atoms with Gasteiger partial charge in [0.25, 0.3) is 0 Å². The molecule has 7 heteroatoms. The average Bonchev–Trinajstić information content (AvgIpc) is 0. The zero-order valence-corrected chi connectivity index (χ0v) is 4.37. The maximum atomic E-state index is 0. The van der Waals surface area contributed by atoms with Crippen LogP contribution in [0.4, 0.5) is 0 Å². The summed E-state index contributed by atoms with van der Waals surface area (Å²) >= 11 is 0. The number of hydrogen-bond donors (Lipinski definition) is 0. The Morgan fingerprint density at radius 1 is 0.571 bits per heavy atom. The van der Waals surface area contributed by atoms with Gasteiger partial charge in [0, 0.05) is 0 Å². The van der Waals surface area contributed by atoms with Crippen LogP contribution in [-0.4, -0.2) is 37.7 Å². The molecule has 0 rings (SSSR count). The predicted molar refractivity (Wildman–Crippen MR) is 15.7 cm³/mol. The van der Waals surface area contributed by atoms with Crippen LogP contribution in [0.5, 0.6) is 0 Å². The molecule has 0 heterocycles. The molecule has 0 aliphatic carbocycles. The van der Waals surface area contributed by atoms with E-state index in [9.17, 15) is 0 Å². The molecule has 0 amide bonds. The molecule has 0 aliphatic rings. The van der Waals surface area contributed by atoms with Gasteiger partial charge in [-0.05, 0) is 0 Å². The zero-order valence-electron chi connectivity index (χ0n) is 3.19. The molecule has 2 nitrogen and oxygen atoms in total. The summed E-state index contributed by atoms with van der Waals surface area (Å²) in [5, 5.41) is 0. The smallest absolute Gasteiger partial charge is 2.00 e. The van der Waals surface area contributed by atoms with E-state index >= 15 is 0 Å². The maximum absolute atomic E-state index is 0. The summed E-state index contributed by atoms with van der Waals surface area (Å²) in [5.74, 6) is 0. The topological polar surface area (TPSA) is 57.0 Å². The molecule has 0 aromatic heterocycles. The van der Waals surface area contributed by atoms with Gasteiger partial charge in [-0.2, -0.15) is 0 Å². The Morgan fingerprint density at radius 2 is 0.571 bits per heavy atom. The monoisotopic (exact) mass is 117 g/mol. The summed E-state index contributed by atoms with van der Waals surface area (Å²) < 4.78 is 0. The van der Waals surface area contributed by atoms with Crippen LogP contribution in [-0.2, 0) is 28.0 Å². The Hall–Kier alpha value is 2.83. The largest absolute Gasteiger partial charge is 2.00 e. The van der Waals surface area contributed by atoms with Crippen molar-refractivity contribution in [3.63, 3.8) is 0 Å². The van der Waals surface area contributed by atoms with Crippen molar-refractivity contribution in [3.8, 4) is 0 Å². The third-order valence-corrected chi connectivity index (χ3v) is 0. The number of hydrogen-bond acceptors (Lipinski definition) is 0. The van der Waals surface area contributed by atoms with Crippen molar-refractivity contribution in [3.05, 3.63) is 0 Å². The van der Waals surface area contributed by atoms with E-state index in [0.717, 1.165) is 0 Å². The standard InChI is InChI=1S/4Li.Mn.2O.2H/q;;2*+1;+2;2*-2;;. The molecule has 0 N–H and O–H groups in total. The molecule has 0 spiro atoms. The van der Waals surface area contributed by atoms with E-state index < -0.39 is 0 Å². The van der Waals surface area contributed by atoms with Crippen LogP contribution in [0, 0.1) is 0 Å². The molecule has 0 atom stereocenters. The van der Waals surface area contributed by atoms with Gasteiger partial charge in [0.1, 0.15) is 0 Å². The van der Waals surface area contributed by atoms with Gasteiger partial charge in [-0.1, -0.05) is 0 Å². The summed E-state index contributed by atoms with van der Waals surface area (Å²) in [6, 6.07) is 0. The molecular weight excluding hydrogens is 115 g/mol. The van der Waals surface area contributed by atoms with E-state index in [-0.39, 0.29) is 103 Å². The van der Waals surface area contributed by atoms with Gasteiger partial charge in [-0.3, -0.25) is 0 Å². The molecule has 25 valence electrons. The Labute approximate surface area is 102 Å². The van der Waals surface area contributed by atoms with Crippen molar-refractivity contribution < 1.29 is 65.7 Å². The van der Waals surface area contributed by atoms with E-state index in [1.165, 1.54) is 0 Å². The second kappa shape index (κ2) is 67.6. The van der Waals surface area contributed by atoms with Gasteiger partial charge in [0.15, 0.2) is 0 Å². The van der Waals surface area contributed by atoms with Gasteiger partial charge in [0.05, 0.1) is 0 Å². The van der Waals surface area contributed by atoms with Crippen LogP contribution in [0.25, 0.3) is 0 Å². The van der Waals surface area contributed by atoms with E-state index in [1.807, 2.05) is 0 Å². The Balaban J connectivity index is 0. The Bertz CT molecular complexity index is 9.65. The zero-order chi connectivity index (χ0) is 0. The maximum Gasteiger partial charge on any atom is 2.00 e. The second-order valence-electron chi connectivity index (χ2n) is 0. The summed E-state index contributed by atoms with van der Waals surface area (Å²) in [4.78, 5) is 0. The van der Waals surface area contributed by atoms with Crippen molar-refractivity contribution in [2.75, 3.05) is 0 Å². The van der Waals surface area contributed by atoms with Crippen LogP contribution in [0.2, 0.25) is 0 Å². The molecule has 0 aliphatic heterocycles. The van der Waals surface area contributed by atoms with E-state index in [0.29, 0.717) is 0 Å². The predicted octanol–water partition coefficient (Wildman–Crippen LogP) is -7.53. The van der Waals surface area contributed by atoms with E-state index in [4.69, 9.17) is 0 Å². The summed E-state index contributed by atoms with van der Waals surface area (Å²) in [6.45, 7) is 0. The Kier molecular flexibility index (Phi) is 925. The van der Waals surface area contributed by atoms with Gasteiger partial charge < -0.3 is 11.0 Å². The van der Waals surface area contributed by atoms with Gasteiger partial charge in [0.2, 0.25) is 0 Å². The van der Waals surface area contributed by atoms with Crippen LogP contribution in [0.1, 0.15) is 0 Å². The molecule has 1 radical (unpaired) electrons. The van der Waals surface area contributed by atoms with Crippen molar-refractivity contribution in [2.45, 2.75) is 0 Å². The van der Waals surface area contributed by atoms with Crippen LogP contribution in [0.3, 0.4) is 0 Å². The summed E-state index contributed by atoms with van der Waals surface area (Å²) in [6.07, 6.45) is 0. The first kappa shape index (κ1) is 95.7. The fourth-order valence-electron chi connectivity index (χ4n) is 0. The minimum absolute atomic E-state index is 0. The quantitative estimate of drug-likeness (QED) is 0.283. The minimum atomic E-state index is 0. The minimum Gasteiger partial charge on any atom is -2.00 e. The molecule has 0 bridgehead atoms. The van der Waals surface area contributed by atoms with Crippen molar-refractivity contribution in [1.29, 1.82) is 0 Å². The van der Waals surface area contributed by atoms with E-state index in [2.05, 4.69) is 0 Å². The SMILES string of the molecule is [Li+].[Li+].[LiH].[LiH].[Mn+2].[O-2].[O-2]. The molecule has 0 aromatic carbocycles. The molecule has 0 saturated carbocycles. The van der Waals surface area contributed by atoms with Crippen LogP contribution in [0.15, 0.2) is 0 Å². The normalized spacial score (nSPS) is 0. The third-order valence-electron chi connectivity index (χ3n) is 0. The third kappa shape index (κ3) is 51.4. The van der Waals surface area contributed by atoms with Gasteiger partial charge in [-0.25, -0.2) is 0 Å². The molecular formula is H2Li4MnO2. The first-order valence-electron chi connectivity index (χ1n) is 0. The summed E-state index contributed by atoms with van der Waals surface area (Å²) in [7, 11) is 0. The fraction of sp³-hybridized carbons (Fsp3) is 0. The molecule has 7 heavy (non-hydrogen) atoms. The fourth-order valence-corrected chi connectivity index (χ4v) is 0. The van der Waals surface area contributed by atoms with Crippen molar-refractivity contribution in [1.82, 2.24) is 0 Å². The van der Waals surface area contributed by atoms with Crippen LogP contribution >= 0.6 is 0 Å². The van der Waals surface area contributed by atoms with Gasteiger partial charge >= 0.3 is 92.5 Å². The molecule has 0 fully saturated rings. The first-order valence-corrected chi connectivity index (χ1v) is 0. The van der Waals surface area contributed by atoms with E-state index in [1.54, 1.807) is 0 Å². The van der Waals surface area contributed by atoms with Crippen molar-refractivity contribution >= 4 is 37.7 Å². The molecule has 0 aromatic rings. The van der Waals surface area contributed by atoms with Crippen molar-refractivity contribution in [2.24, 2.45) is 0 Å². The first-order chi connectivity index (χ1) is 0. The average molecular weight is 117 g/mol. The van der Waals surface area contributed by atoms with Crippen LogP contribution < -0.4 is 37.7 Å². The Morgan fingerprint density at radius 3 is 0.571 bits per heavy atom. The second-order valence-corrected chi connectivity index (χ2v) is 0. The number of rotatable bonds is 0. The van der Waals surface area contributed by atoms with Gasteiger partial charge in [-0.15, -0.1) is 0 Å². The molecule has 0 unspecified atom stereocenters.